The Hall–Kier alpha value is -1.33. The van der Waals surface area contributed by atoms with Gasteiger partial charge in [-0.05, 0) is 37.7 Å². The number of anilines is 1. The van der Waals surface area contributed by atoms with Crippen LogP contribution in [-0.4, -0.2) is 42.4 Å². The molecule has 0 bridgehead atoms. The highest BCUT2D eigenvalue weighted by Crippen LogP contribution is 2.37. The van der Waals surface area contributed by atoms with E-state index in [1.165, 1.54) is 38.5 Å². The Labute approximate surface area is 167 Å². The zero-order chi connectivity index (χ0) is 19.2. The van der Waals surface area contributed by atoms with Crippen LogP contribution in [0.25, 0.3) is 0 Å². The standard InChI is InChI=1S/C21H31ClN2O3/c1-2-27-21(26)19-11-18(22)12-23-20(19)24-9-8-16(17(13-24)14-25)10-15-6-4-3-5-7-15/h11-12,15-17,25H,2-10,13-14H2,1H3. The van der Waals surface area contributed by atoms with Gasteiger partial charge in [-0.15, -0.1) is 0 Å². The summed E-state index contributed by atoms with van der Waals surface area (Å²) < 4.78 is 5.18. The number of carbonyl (C=O) groups is 1. The van der Waals surface area contributed by atoms with Crippen LogP contribution >= 0.6 is 11.6 Å². The van der Waals surface area contributed by atoms with Crippen LogP contribution in [0.5, 0.6) is 0 Å². The molecular weight excluding hydrogens is 364 g/mol. The van der Waals surface area contributed by atoms with Crippen molar-refractivity contribution in [3.63, 3.8) is 0 Å². The predicted molar refractivity (Wildman–Crippen MR) is 107 cm³/mol. The number of nitrogens with zero attached hydrogens (tertiary/aromatic N) is 2. The minimum atomic E-state index is -0.396. The average molecular weight is 395 g/mol. The molecule has 1 saturated heterocycles. The fourth-order valence-corrected chi connectivity index (χ4v) is 4.84. The van der Waals surface area contributed by atoms with E-state index in [2.05, 4.69) is 9.88 Å². The summed E-state index contributed by atoms with van der Waals surface area (Å²) in [5.41, 5.74) is 0.409. The molecule has 2 aliphatic rings. The van der Waals surface area contributed by atoms with Gasteiger partial charge in [0.25, 0.3) is 0 Å². The van der Waals surface area contributed by atoms with E-state index < -0.39 is 5.97 Å². The molecule has 6 heteroatoms. The molecule has 0 spiro atoms. The SMILES string of the molecule is CCOC(=O)c1cc(Cl)cnc1N1CCC(CC2CCCCC2)C(CO)C1. The van der Waals surface area contributed by atoms with Crippen molar-refractivity contribution in [1.29, 1.82) is 0 Å². The molecule has 2 atom stereocenters. The van der Waals surface area contributed by atoms with E-state index in [-0.39, 0.29) is 12.5 Å². The number of aliphatic hydroxyl groups excluding tert-OH is 1. The summed E-state index contributed by atoms with van der Waals surface area (Å²) in [6, 6.07) is 1.63. The zero-order valence-corrected chi connectivity index (χ0v) is 17.0. The molecule has 1 N–H and O–H groups in total. The van der Waals surface area contributed by atoms with Gasteiger partial charge in [-0.1, -0.05) is 43.7 Å². The molecule has 1 aromatic heterocycles. The van der Waals surface area contributed by atoms with Crippen LogP contribution in [0.2, 0.25) is 5.02 Å². The van der Waals surface area contributed by atoms with Crippen LogP contribution in [0.1, 0.15) is 62.2 Å². The fraction of sp³-hybridized carbons (Fsp3) is 0.714. The fourth-order valence-electron chi connectivity index (χ4n) is 4.68. The molecule has 1 aliphatic heterocycles. The van der Waals surface area contributed by atoms with Crippen molar-refractivity contribution in [2.75, 3.05) is 31.2 Å². The van der Waals surface area contributed by atoms with Crippen LogP contribution in [0, 0.1) is 17.8 Å². The molecule has 1 aliphatic carbocycles. The van der Waals surface area contributed by atoms with Gasteiger partial charge < -0.3 is 14.7 Å². The van der Waals surface area contributed by atoms with Gasteiger partial charge in [0.15, 0.2) is 0 Å². The third-order valence-electron chi connectivity index (χ3n) is 6.11. The molecule has 1 saturated carbocycles. The highest BCUT2D eigenvalue weighted by Gasteiger charge is 2.33. The van der Waals surface area contributed by atoms with Crippen molar-refractivity contribution >= 4 is 23.4 Å². The second-order valence-electron chi connectivity index (χ2n) is 7.92. The Morgan fingerprint density at radius 1 is 1.30 bits per heavy atom. The number of rotatable bonds is 6. The molecule has 1 aromatic rings. The Balaban J connectivity index is 1.71. The van der Waals surface area contributed by atoms with E-state index in [0.717, 1.165) is 25.4 Å². The molecule has 3 rings (SSSR count). The lowest BCUT2D eigenvalue weighted by Gasteiger charge is -2.40. The summed E-state index contributed by atoms with van der Waals surface area (Å²) in [7, 11) is 0. The maximum Gasteiger partial charge on any atom is 0.341 e. The molecular formula is C21H31ClN2O3. The number of carbonyl (C=O) groups excluding carboxylic acids is 1. The predicted octanol–water partition coefficient (Wildman–Crippen LogP) is 4.32. The maximum absolute atomic E-state index is 12.3. The van der Waals surface area contributed by atoms with Crippen LogP contribution in [0.15, 0.2) is 12.3 Å². The number of esters is 1. The molecule has 27 heavy (non-hydrogen) atoms. The highest BCUT2D eigenvalue weighted by atomic mass is 35.5. The number of ether oxygens (including phenoxy) is 1. The Morgan fingerprint density at radius 3 is 2.78 bits per heavy atom. The van der Waals surface area contributed by atoms with Crippen molar-refractivity contribution in [3.05, 3.63) is 22.8 Å². The summed E-state index contributed by atoms with van der Waals surface area (Å²) in [5, 5.41) is 10.4. The van der Waals surface area contributed by atoms with Crippen molar-refractivity contribution in [3.8, 4) is 0 Å². The zero-order valence-electron chi connectivity index (χ0n) is 16.2. The van der Waals surface area contributed by atoms with E-state index >= 15 is 0 Å². The number of piperidine rings is 1. The number of aromatic nitrogens is 1. The van der Waals surface area contributed by atoms with Crippen LogP contribution in [0.3, 0.4) is 0 Å². The first-order chi connectivity index (χ1) is 13.1. The highest BCUT2D eigenvalue weighted by molar-refractivity contribution is 6.30. The topological polar surface area (TPSA) is 62.7 Å². The summed E-state index contributed by atoms with van der Waals surface area (Å²) in [6.45, 7) is 3.83. The summed E-state index contributed by atoms with van der Waals surface area (Å²) >= 11 is 6.06. The summed E-state index contributed by atoms with van der Waals surface area (Å²) in [5.74, 6) is 1.80. The van der Waals surface area contributed by atoms with Gasteiger partial charge in [0.1, 0.15) is 11.4 Å². The molecule has 150 valence electrons. The van der Waals surface area contributed by atoms with Crippen LogP contribution < -0.4 is 4.90 Å². The monoisotopic (exact) mass is 394 g/mol. The number of aliphatic hydroxyl groups is 1. The Morgan fingerprint density at radius 2 is 2.07 bits per heavy atom. The molecule has 2 unspecified atom stereocenters. The first-order valence-corrected chi connectivity index (χ1v) is 10.7. The third-order valence-corrected chi connectivity index (χ3v) is 6.32. The van der Waals surface area contributed by atoms with Gasteiger partial charge in [0.2, 0.25) is 0 Å². The number of hydrogen-bond donors (Lipinski definition) is 1. The lowest BCUT2D eigenvalue weighted by atomic mass is 9.75. The van der Waals surface area contributed by atoms with Gasteiger partial charge in [-0.2, -0.15) is 0 Å². The van der Waals surface area contributed by atoms with E-state index in [1.54, 1.807) is 19.2 Å². The smallest absolute Gasteiger partial charge is 0.341 e. The average Bonchev–Trinajstić information content (AvgIpc) is 2.69. The summed E-state index contributed by atoms with van der Waals surface area (Å²) in [4.78, 5) is 18.9. The second kappa shape index (κ2) is 9.74. The molecule has 2 fully saturated rings. The van der Waals surface area contributed by atoms with E-state index in [0.29, 0.717) is 28.9 Å². The lowest BCUT2D eigenvalue weighted by molar-refractivity contribution is 0.0526. The van der Waals surface area contributed by atoms with E-state index in [4.69, 9.17) is 16.3 Å². The molecule has 5 nitrogen and oxygen atoms in total. The summed E-state index contributed by atoms with van der Waals surface area (Å²) in [6.07, 6.45) is 10.6. The molecule has 0 amide bonds. The van der Waals surface area contributed by atoms with Crippen molar-refractivity contribution in [1.82, 2.24) is 4.98 Å². The molecule has 0 aromatic carbocycles. The van der Waals surface area contributed by atoms with Gasteiger partial charge in [0.05, 0.1) is 11.6 Å². The Bertz CT molecular complexity index is 634. The maximum atomic E-state index is 12.3. The molecule has 2 heterocycles. The van der Waals surface area contributed by atoms with Gasteiger partial charge in [-0.3, -0.25) is 0 Å². The van der Waals surface area contributed by atoms with E-state index in [1.807, 2.05) is 0 Å². The van der Waals surface area contributed by atoms with Crippen molar-refractivity contribution in [2.45, 2.75) is 51.9 Å². The van der Waals surface area contributed by atoms with Crippen LogP contribution in [-0.2, 0) is 4.74 Å². The minimum absolute atomic E-state index is 0.177. The third kappa shape index (κ3) is 5.14. The first kappa shape index (κ1) is 20.4. The normalized spacial score (nSPS) is 24.0. The number of halogens is 1. The van der Waals surface area contributed by atoms with Crippen LogP contribution in [0.4, 0.5) is 5.82 Å². The number of hydrogen-bond acceptors (Lipinski definition) is 5. The Kier molecular flexibility index (Phi) is 7.36. The lowest BCUT2D eigenvalue weighted by Crippen LogP contribution is -2.43. The van der Waals surface area contributed by atoms with E-state index in [9.17, 15) is 9.90 Å². The quantitative estimate of drug-likeness (QED) is 0.728. The van der Waals surface area contributed by atoms with Crippen molar-refractivity contribution < 1.29 is 14.6 Å². The molecule has 0 radical (unpaired) electrons. The number of pyridine rings is 1. The largest absolute Gasteiger partial charge is 0.462 e. The van der Waals surface area contributed by atoms with Gasteiger partial charge >= 0.3 is 5.97 Å². The first-order valence-electron chi connectivity index (χ1n) is 10.3. The van der Waals surface area contributed by atoms with Gasteiger partial charge in [0, 0.05) is 31.8 Å². The van der Waals surface area contributed by atoms with Gasteiger partial charge in [-0.25, -0.2) is 9.78 Å². The van der Waals surface area contributed by atoms with Crippen molar-refractivity contribution in [2.24, 2.45) is 17.8 Å². The second-order valence-corrected chi connectivity index (χ2v) is 8.36. The minimum Gasteiger partial charge on any atom is -0.462 e.